The smallest absolute Gasteiger partial charge is 0.311 e. The van der Waals surface area contributed by atoms with E-state index in [2.05, 4.69) is 6.92 Å². The maximum Gasteiger partial charge on any atom is 0.311 e. The fourth-order valence-electron chi connectivity index (χ4n) is 2.41. The molecule has 1 rings (SSSR count). The molecule has 1 aliphatic rings. The quantitative estimate of drug-likeness (QED) is 0.766. The normalized spacial score (nSPS) is 29.2. The van der Waals surface area contributed by atoms with Crippen LogP contribution < -0.4 is 5.73 Å². The van der Waals surface area contributed by atoms with Crippen LogP contribution in [0.4, 0.5) is 0 Å². The Balaban J connectivity index is 2.55. The van der Waals surface area contributed by atoms with Gasteiger partial charge in [0.25, 0.3) is 0 Å². The zero-order valence-corrected chi connectivity index (χ0v) is 11.9. The Morgan fingerprint density at radius 3 is 2.39 bits per heavy atom. The largest absolute Gasteiger partial charge is 0.481 e. The third kappa shape index (κ3) is 3.69. The number of carbonyl (C=O) groups is 1. The van der Waals surface area contributed by atoms with Gasteiger partial charge in [-0.2, -0.15) is 0 Å². The topological polar surface area (TPSA) is 72.5 Å². The lowest BCUT2D eigenvalue weighted by atomic mass is 9.77. The molecule has 18 heavy (non-hydrogen) atoms. The minimum absolute atomic E-state index is 0.232. The van der Waals surface area contributed by atoms with E-state index in [9.17, 15) is 4.79 Å². The standard InChI is InChI=1S/C14H27NO3/c1-4-11-5-7-14(9-15,8-6-11)18-10-13(2,3)12(16)17/h11H,4-10,15H2,1-3H3,(H,16,17). The highest BCUT2D eigenvalue weighted by molar-refractivity contribution is 5.73. The second kappa shape index (κ2) is 6.02. The lowest BCUT2D eigenvalue weighted by Crippen LogP contribution is -2.46. The van der Waals surface area contributed by atoms with Gasteiger partial charge >= 0.3 is 5.97 Å². The fraction of sp³-hybridized carbons (Fsp3) is 0.929. The molecule has 0 saturated heterocycles. The summed E-state index contributed by atoms with van der Waals surface area (Å²) >= 11 is 0. The summed E-state index contributed by atoms with van der Waals surface area (Å²) in [7, 11) is 0. The van der Waals surface area contributed by atoms with E-state index in [1.165, 1.54) is 6.42 Å². The van der Waals surface area contributed by atoms with E-state index in [0.717, 1.165) is 31.6 Å². The van der Waals surface area contributed by atoms with Crippen LogP contribution in [0.5, 0.6) is 0 Å². The first-order chi connectivity index (χ1) is 8.35. The van der Waals surface area contributed by atoms with Crippen molar-refractivity contribution in [1.29, 1.82) is 0 Å². The van der Waals surface area contributed by atoms with Gasteiger partial charge in [0.15, 0.2) is 0 Å². The van der Waals surface area contributed by atoms with Crippen LogP contribution in [0.25, 0.3) is 0 Å². The summed E-state index contributed by atoms with van der Waals surface area (Å²) in [5.41, 5.74) is 4.72. The highest BCUT2D eigenvalue weighted by Crippen LogP contribution is 2.36. The van der Waals surface area contributed by atoms with Crippen LogP contribution in [0.15, 0.2) is 0 Å². The third-order valence-corrected chi connectivity index (χ3v) is 4.28. The molecule has 106 valence electrons. The lowest BCUT2D eigenvalue weighted by molar-refractivity contribution is -0.157. The molecule has 0 aliphatic heterocycles. The number of aliphatic carboxylic acids is 1. The number of nitrogens with two attached hydrogens (primary N) is 1. The molecule has 0 atom stereocenters. The van der Waals surface area contributed by atoms with Crippen molar-refractivity contribution < 1.29 is 14.6 Å². The number of ether oxygens (including phenoxy) is 1. The fourth-order valence-corrected chi connectivity index (χ4v) is 2.41. The van der Waals surface area contributed by atoms with E-state index in [1.807, 2.05) is 0 Å². The number of carboxylic acids is 1. The van der Waals surface area contributed by atoms with Gasteiger partial charge in [-0.1, -0.05) is 13.3 Å². The third-order valence-electron chi connectivity index (χ3n) is 4.28. The molecule has 0 amide bonds. The Morgan fingerprint density at radius 2 is 2.00 bits per heavy atom. The Hall–Kier alpha value is -0.610. The maximum atomic E-state index is 11.1. The summed E-state index contributed by atoms with van der Waals surface area (Å²) in [6.45, 7) is 6.32. The highest BCUT2D eigenvalue weighted by atomic mass is 16.5. The molecule has 0 aromatic carbocycles. The zero-order valence-electron chi connectivity index (χ0n) is 11.9. The van der Waals surface area contributed by atoms with E-state index in [4.69, 9.17) is 15.6 Å². The van der Waals surface area contributed by atoms with Crippen molar-refractivity contribution in [2.75, 3.05) is 13.2 Å². The van der Waals surface area contributed by atoms with Gasteiger partial charge in [0.05, 0.1) is 17.6 Å². The predicted octanol–water partition coefficient (Wildman–Crippen LogP) is 2.41. The number of carboxylic acid groups (broad SMARTS) is 1. The van der Waals surface area contributed by atoms with Crippen molar-refractivity contribution in [3.05, 3.63) is 0 Å². The van der Waals surface area contributed by atoms with Crippen LogP contribution in [0.3, 0.4) is 0 Å². The van der Waals surface area contributed by atoms with Crippen molar-refractivity contribution >= 4 is 5.97 Å². The molecule has 3 N–H and O–H groups in total. The highest BCUT2D eigenvalue weighted by Gasteiger charge is 2.37. The Morgan fingerprint density at radius 1 is 1.44 bits per heavy atom. The second-order valence-corrected chi connectivity index (χ2v) is 6.22. The van der Waals surface area contributed by atoms with E-state index in [0.29, 0.717) is 6.54 Å². The van der Waals surface area contributed by atoms with Gasteiger partial charge in [-0.15, -0.1) is 0 Å². The van der Waals surface area contributed by atoms with Crippen molar-refractivity contribution in [3.8, 4) is 0 Å². The summed E-state index contributed by atoms with van der Waals surface area (Å²) in [6.07, 6.45) is 5.40. The molecule has 4 heteroatoms. The molecule has 0 aromatic rings. The maximum absolute atomic E-state index is 11.1. The van der Waals surface area contributed by atoms with Gasteiger partial charge in [-0.25, -0.2) is 0 Å². The van der Waals surface area contributed by atoms with Crippen molar-refractivity contribution in [2.45, 2.75) is 58.5 Å². The van der Waals surface area contributed by atoms with Crippen LogP contribution in [0.1, 0.15) is 52.9 Å². The van der Waals surface area contributed by atoms with E-state index in [1.54, 1.807) is 13.8 Å². The average molecular weight is 257 g/mol. The summed E-state index contributed by atoms with van der Waals surface area (Å²) in [5.74, 6) is -0.0438. The van der Waals surface area contributed by atoms with E-state index in [-0.39, 0.29) is 12.2 Å². The molecule has 0 unspecified atom stereocenters. The van der Waals surface area contributed by atoms with Crippen LogP contribution in [0, 0.1) is 11.3 Å². The van der Waals surface area contributed by atoms with Gasteiger partial charge in [0.2, 0.25) is 0 Å². The minimum Gasteiger partial charge on any atom is -0.481 e. The van der Waals surface area contributed by atoms with Gasteiger partial charge in [-0.3, -0.25) is 4.79 Å². The van der Waals surface area contributed by atoms with E-state index < -0.39 is 11.4 Å². The van der Waals surface area contributed by atoms with Crippen LogP contribution in [-0.4, -0.2) is 29.8 Å². The summed E-state index contributed by atoms with van der Waals surface area (Å²) in [4.78, 5) is 11.1. The van der Waals surface area contributed by atoms with Crippen LogP contribution in [-0.2, 0) is 9.53 Å². The second-order valence-electron chi connectivity index (χ2n) is 6.22. The average Bonchev–Trinajstić information content (AvgIpc) is 2.37. The Bertz CT molecular complexity index is 281. The molecule has 1 saturated carbocycles. The monoisotopic (exact) mass is 257 g/mol. The Labute approximate surface area is 110 Å². The minimum atomic E-state index is -0.843. The summed E-state index contributed by atoms with van der Waals surface area (Å²) < 4.78 is 5.93. The molecule has 4 nitrogen and oxygen atoms in total. The number of hydrogen-bond acceptors (Lipinski definition) is 3. The molecule has 1 fully saturated rings. The molecule has 0 spiro atoms. The number of rotatable bonds is 6. The van der Waals surface area contributed by atoms with Crippen molar-refractivity contribution in [1.82, 2.24) is 0 Å². The zero-order chi connectivity index (χ0) is 13.8. The Kier molecular flexibility index (Phi) is 5.17. The first-order valence-electron chi connectivity index (χ1n) is 6.92. The first-order valence-corrected chi connectivity index (χ1v) is 6.92. The van der Waals surface area contributed by atoms with Crippen molar-refractivity contribution in [3.63, 3.8) is 0 Å². The van der Waals surface area contributed by atoms with Gasteiger partial charge in [0, 0.05) is 6.54 Å². The molecule has 1 aliphatic carbocycles. The molecule has 0 aromatic heterocycles. The molecular formula is C14H27NO3. The summed E-state index contributed by atoms with van der Waals surface area (Å²) in [5, 5.41) is 9.10. The first kappa shape index (κ1) is 15.4. The lowest BCUT2D eigenvalue weighted by Gasteiger charge is -2.40. The summed E-state index contributed by atoms with van der Waals surface area (Å²) in [6, 6.07) is 0. The van der Waals surface area contributed by atoms with E-state index >= 15 is 0 Å². The molecular weight excluding hydrogens is 230 g/mol. The van der Waals surface area contributed by atoms with Crippen LogP contribution in [0.2, 0.25) is 0 Å². The molecule has 0 heterocycles. The van der Waals surface area contributed by atoms with Gasteiger partial charge in [-0.05, 0) is 45.4 Å². The SMILES string of the molecule is CCC1CCC(CN)(OCC(C)(C)C(=O)O)CC1. The van der Waals surface area contributed by atoms with Gasteiger partial charge in [0.1, 0.15) is 0 Å². The van der Waals surface area contributed by atoms with Gasteiger partial charge < -0.3 is 15.6 Å². The predicted molar refractivity (Wildman–Crippen MR) is 71.4 cm³/mol. The van der Waals surface area contributed by atoms with Crippen LogP contribution >= 0.6 is 0 Å². The van der Waals surface area contributed by atoms with Crippen molar-refractivity contribution in [2.24, 2.45) is 17.1 Å². The number of hydrogen-bond donors (Lipinski definition) is 2. The molecule has 0 radical (unpaired) electrons. The molecule has 0 bridgehead atoms.